The molecule has 1 aromatic carbocycles. The molecule has 0 saturated carbocycles. The van der Waals surface area contributed by atoms with E-state index in [1.54, 1.807) is 0 Å². The zero-order valence-electron chi connectivity index (χ0n) is 18.7. The quantitative estimate of drug-likeness (QED) is 0.837. The third kappa shape index (κ3) is 3.67. The van der Waals surface area contributed by atoms with Crippen molar-refractivity contribution in [1.82, 2.24) is 19.7 Å². The number of aromatic nitrogens is 3. The van der Waals surface area contributed by atoms with Crippen molar-refractivity contribution in [1.29, 1.82) is 0 Å². The number of hydrogen-bond acceptors (Lipinski definition) is 4. The van der Waals surface area contributed by atoms with Crippen LogP contribution >= 0.6 is 0 Å². The second-order valence-corrected chi connectivity index (χ2v) is 8.43. The third-order valence-corrected chi connectivity index (χ3v) is 6.20. The maximum atomic E-state index is 8.88. The second kappa shape index (κ2) is 7.72. The van der Waals surface area contributed by atoms with Crippen LogP contribution in [0, 0.1) is 6.92 Å². The molecule has 0 spiro atoms. The summed E-state index contributed by atoms with van der Waals surface area (Å²) in [6.07, 6.45) is 4.33. The molecule has 0 amide bonds. The Hall–Kier alpha value is -1.72. The van der Waals surface area contributed by atoms with E-state index in [1.165, 1.54) is 0 Å². The van der Waals surface area contributed by atoms with Crippen LogP contribution in [0.1, 0.15) is 83.9 Å². The van der Waals surface area contributed by atoms with Crippen LogP contribution in [0.2, 0.25) is 0 Å². The Morgan fingerprint density at radius 2 is 1.78 bits per heavy atom. The second-order valence-electron chi connectivity index (χ2n) is 8.43. The fraction of sp³-hybridized carbons (Fsp3) is 0.636. The Labute approximate surface area is 165 Å². The van der Waals surface area contributed by atoms with Gasteiger partial charge in [-0.05, 0) is 44.6 Å². The largest absolute Gasteiger partial charge is 0.324 e. The van der Waals surface area contributed by atoms with Crippen molar-refractivity contribution >= 4 is 0 Å². The predicted octanol–water partition coefficient (Wildman–Crippen LogP) is 3.97. The van der Waals surface area contributed by atoms with E-state index in [1.807, 2.05) is 37.3 Å². The number of nitrogens with zero attached hydrogens (tertiary/aromatic N) is 4. The summed E-state index contributed by atoms with van der Waals surface area (Å²) in [4.78, 5) is 2.14. The number of fused-ring (bicyclic) bond motifs is 2. The van der Waals surface area contributed by atoms with Gasteiger partial charge in [0, 0.05) is 39.3 Å². The monoisotopic (exact) mass is 369 g/mol. The molecular weight excluding hydrogens is 334 g/mol. The fourth-order valence-corrected chi connectivity index (χ4v) is 4.87. The number of hydrogen-bond donors (Lipinski definition) is 1. The minimum Gasteiger partial charge on any atom is -0.324 e. The fourth-order valence-electron chi connectivity index (χ4n) is 4.87. The van der Waals surface area contributed by atoms with Gasteiger partial charge in [0.1, 0.15) is 11.6 Å². The van der Waals surface area contributed by atoms with E-state index < -0.39 is 6.50 Å². The first-order valence-electron chi connectivity index (χ1n) is 11.3. The topological polar surface area (TPSA) is 60.0 Å². The van der Waals surface area contributed by atoms with Gasteiger partial charge in [0.2, 0.25) is 0 Å². The van der Waals surface area contributed by atoms with Crippen LogP contribution in [0.3, 0.4) is 0 Å². The molecular formula is C22H33N5. The summed E-state index contributed by atoms with van der Waals surface area (Å²) in [6, 6.07) is 10.4. The van der Waals surface area contributed by atoms with E-state index in [-0.39, 0.29) is 18.1 Å². The van der Waals surface area contributed by atoms with Gasteiger partial charge in [0.05, 0.1) is 0 Å². The first-order chi connectivity index (χ1) is 13.8. The molecule has 27 heavy (non-hydrogen) atoms. The van der Waals surface area contributed by atoms with Crippen molar-refractivity contribution in [2.24, 2.45) is 5.73 Å². The molecule has 2 bridgehead atoms. The number of piperidine rings is 1. The Morgan fingerprint density at radius 1 is 1.11 bits per heavy atom. The lowest BCUT2D eigenvalue weighted by Gasteiger charge is -2.40. The molecule has 2 aromatic rings. The molecule has 2 N–H and O–H groups in total. The van der Waals surface area contributed by atoms with Crippen LogP contribution in [-0.2, 0) is 0 Å². The van der Waals surface area contributed by atoms with Crippen LogP contribution in [0.4, 0.5) is 0 Å². The third-order valence-electron chi connectivity index (χ3n) is 6.20. The van der Waals surface area contributed by atoms with E-state index in [2.05, 4.69) is 33.5 Å². The van der Waals surface area contributed by atoms with Crippen LogP contribution in [0.15, 0.2) is 30.3 Å². The highest BCUT2D eigenvalue weighted by atomic mass is 15.3. The molecule has 3 heterocycles. The summed E-state index contributed by atoms with van der Waals surface area (Å²) < 4.78 is 20.1. The van der Waals surface area contributed by atoms with Crippen molar-refractivity contribution < 1.29 is 2.74 Å². The molecule has 146 valence electrons. The van der Waals surface area contributed by atoms with Crippen molar-refractivity contribution in [3.8, 4) is 0 Å². The maximum absolute atomic E-state index is 8.88. The lowest BCUT2D eigenvalue weighted by molar-refractivity contribution is 0.101. The van der Waals surface area contributed by atoms with E-state index >= 15 is 0 Å². The summed E-state index contributed by atoms with van der Waals surface area (Å²) in [7, 11) is 0. The van der Waals surface area contributed by atoms with Gasteiger partial charge in [-0.2, -0.15) is 0 Å². The number of benzene rings is 1. The van der Waals surface area contributed by atoms with Gasteiger partial charge in [-0.3, -0.25) is 4.90 Å². The van der Waals surface area contributed by atoms with Gasteiger partial charge in [-0.25, -0.2) is 0 Å². The van der Waals surface area contributed by atoms with E-state index in [0.717, 1.165) is 42.9 Å². The number of nitrogens with two attached hydrogens (primary N) is 1. The Balaban J connectivity index is 1.51. The molecule has 2 fully saturated rings. The zero-order valence-corrected chi connectivity index (χ0v) is 16.7. The summed E-state index contributed by atoms with van der Waals surface area (Å²) in [5.41, 5.74) is 7.39. The smallest absolute Gasteiger partial charge is 0.135 e. The molecule has 0 radical (unpaired) electrons. The van der Waals surface area contributed by atoms with Gasteiger partial charge in [0.25, 0.3) is 0 Å². The first kappa shape index (κ1) is 16.3. The lowest BCUT2D eigenvalue weighted by Crippen LogP contribution is -2.44. The Bertz CT molecular complexity index is 821. The molecule has 4 rings (SSSR count). The standard InChI is InChI=1S/C22H33N5/c1-15(2)22-25-24-16(3)27(22)20-13-18-9-10-19(14-20)26(18)12-11-21(23)17-7-5-4-6-8-17/h4-8,15,18-21H,9-14,23H2,1-3H3/t18?,19?,20?,21-/m0/s1/i12D2. The van der Waals surface area contributed by atoms with Gasteiger partial charge >= 0.3 is 0 Å². The van der Waals surface area contributed by atoms with E-state index in [9.17, 15) is 0 Å². The molecule has 2 aliphatic rings. The predicted molar refractivity (Wildman–Crippen MR) is 109 cm³/mol. The van der Waals surface area contributed by atoms with Crippen LogP contribution in [0.5, 0.6) is 0 Å². The van der Waals surface area contributed by atoms with E-state index in [4.69, 9.17) is 8.48 Å². The molecule has 2 aliphatic heterocycles. The van der Waals surface area contributed by atoms with Gasteiger partial charge in [-0.1, -0.05) is 44.2 Å². The lowest BCUT2D eigenvalue weighted by atomic mass is 9.95. The molecule has 3 atom stereocenters. The van der Waals surface area contributed by atoms with Crippen molar-refractivity contribution in [2.75, 3.05) is 6.50 Å². The van der Waals surface area contributed by atoms with Crippen molar-refractivity contribution in [3.63, 3.8) is 0 Å². The zero-order chi connectivity index (χ0) is 20.8. The molecule has 2 unspecified atom stereocenters. The molecule has 0 aliphatic carbocycles. The Morgan fingerprint density at radius 3 is 2.41 bits per heavy atom. The highest BCUT2D eigenvalue weighted by molar-refractivity contribution is 5.18. The average Bonchev–Trinajstić information content (AvgIpc) is 3.20. The Kier molecular flexibility index (Phi) is 4.65. The first-order valence-corrected chi connectivity index (χ1v) is 10.3. The summed E-state index contributed by atoms with van der Waals surface area (Å²) in [6.45, 7) is 4.95. The molecule has 5 heteroatoms. The van der Waals surface area contributed by atoms with Crippen molar-refractivity contribution in [2.45, 2.75) is 83.0 Å². The summed E-state index contributed by atoms with van der Waals surface area (Å²) >= 11 is 0. The van der Waals surface area contributed by atoms with Gasteiger partial charge in [0.15, 0.2) is 0 Å². The number of rotatable bonds is 6. The SMILES string of the molecule is [2H]C([2H])(C[C@H](N)c1ccccc1)N1C2CCC1CC(n1c(C)nnc1C(C)C)C2. The van der Waals surface area contributed by atoms with Gasteiger partial charge in [-0.15, -0.1) is 10.2 Å². The minimum atomic E-state index is -1.41. The normalized spacial score (nSPS) is 28.3. The van der Waals surface area contributed by atoms with Crippen LogP contribution < -0.4 is 5.73 Å². The number of aryl methyl sites for hydroxylation is 1. The highest BCUT2D eigenvalue weighted by Gasteiger charge is 2.42. The summed E-state index contributed by atoms with van der Waals surface area (Å²) in [5.74, 6) is 2.36. The van der Waals surface area contributed by atoms with Crippen LogP contribution in [-0.4, -0.2) is 38.2 Å². The molecule has 1 aromatic heterocycles. The van der Waals surface area contributed by atoms with Crippen LogP contribution in [0.25, 0.3) is 0 Å². The van der Waals surface area contributed by atoms with E-state index in [0.29, 0.717) is 18.4 Å². The maximum Gasteiger partial charge on any atom is 0.135 e. The van der Waals surface area contributed by atoms with Gasteiger partial charge < -0.3 is 10.3 Å². The molecule has 2 saturated heterocycles. The highest BCUT2D eigenvalue weighted by Crippen LogP contribution is 2.42. The average molecular weight is 370 g/mol. The summed E-state index contributed by atoms with van der Waals surface area (Å²) in [5, 5.41) is 8.74. The van der Waals surface area contributed by atoms with Crippen molar-refractivity contribution in [3.05, 3.63) is 47.5 Å². The molecule has 5 nitrogen and oxygen atoms in total. The minimum absolute atomic E-state index is 0.249.